The molecule has 8 heterocycles. The number of fused-ring (bicyclic) bond motifs is 6. The van der Waals surface area contributed by atoms with Crippen molar-refractivity contribution in [3.63, 3.8) is 0 Å². The minimum absolute atomic E-state index is 0.308. The summed E-state index contributed by atoms with van der Waals surface area (Å²) in [5.74, 6) is 1.59. The van der Waals surface area contributed by atoms with Gasteiger partial charge in [0, 0.05) is 72.2 Å². The number of pyridine rings is 1. The second-order valence-corrected chi connectivity index (χ2v) is 13.3. The minimum Gasteiger partial charge on any atom is -0.368 e. The number of hydrogen-bond donors (Lipinski definition) is 3. The summed E-state index contributed by atoms with van der Waals surface area (Å²) in [7, 11) is 0. The molecule has 254 valence electrons. The summed E-state index contributed by atoms with van der Waals surface area (Å²) in [6.45, 7) is 4.02. The highest BCUT2D eigenvalue weighted by atomic mass is 15.2. The monoisotopic (exact) mass is 669 g/mol. The number of nitrogen functional groups attached to an aromatic ring is 1. The topological polar surface area (TPSA) is 179 Å². The number of nitrogens with zero attached hydrogens (tertiary/aromatic N) is 12. The van der Waals surface area contributed by atoms with Crippen LogP contribution in [-0.4, -0.2) is 80.6 Å². The third kappa shape index (κ3) is 5.56. The molecule has 50 heavy (non-hydrogen) atoms. The van der Waals surface area contributed by atoms with Crippen molar-refractivity contribution >= 4 is 67.5 Å². The van der Waals surface area contributed by atoms with Gasteiger partial charge in [0.15, 0.2) is 11.3 Å². The van der Waals surface area contributed by atoms with Gasteiger partial charge in [-0.2, -0.15) is 20.2 Å². The van der Waals surface area contributed by atoms with Crippen molar-refractivity contribution in [1.82, 2.24) is 59.8 Å². The second-order valence-electron chi connectivity index (χ2n) is 13.3. The Labute approximate surface area is 287 Å². The standard InChI is InChI=1S/C22H25N9.C13H14N6/c1-2-4-15(3-1)31-20-18(17-7-8-26-29-21(17)31)14-25-22(28-20)27-19-6-5-16(13-24-19)30-11-9-23-10-12-30;14-13-15-7-10-9-5-6-16-18-12(9)19(11(10)17-13)8-3-1-2-4-8/h5-8,13-15,23H,1-4,9-12H2,(H,24,25,27,28);5-8H,1-4H2,(H2,14,15,17). The van der Waals surface area contributed by atoms with Crippen LogP contribution in [0.1, 0.15) is 63.5 Å². The number of hydrogen-bond acceptors (Lipinski definition) is 13. The summed E-state index contributed by atoms with van der Waals surface area (Å²) in [4.78, 5) is 24.9. The van der Waals surface area contributed by atoms with Crippen LogP contribution in [-0.2, 0) is 0 Å². The molecule has 15 heteroatoms. The third-order valence-electron chi connectivity index (χ3n) is 10.3. The van der Waals surface area contributed by atoms with E-state index in [9.17, 15) is 0 Å². The molecule has 4 N–H and O–H groups in total. The molecule has 3 aliphatic rings. The zero-order valence-corrected chi connectivity index (χ0v) is 27.8. The largest absolute Gasteiger partial charge is 0.368 e. The summed E-state index contributed by atoms with van der Waals surface area (Å²) >= 11 is 0. The van der Waals surface area contributed by atoms with Crippen LogP contribution < -0.4 is 21.3 Å². The van der Waals surface area contributed by atoms with E-state index in [1.165, 1.54) is 38.5 Å². The van der Waals surface area contributed by atoms with Gasteiger partial charge in [-0.25, -0.2) is 15.0 Å². The van der Waals surface area contributed by atoms with Crippen LogP contribution in [0.5, 0.6) is 0 Å². The van der Waals surface area contributed by atoms with Gasteiger partial charge in [-0.1, -0.05) is 25.7 Å². The van der Waals surface area contributed by atoms with Crippen LogP contribution in [0.25, 0.3) is 44.1 Å². The number of piperazine rings is 1. The Morgan fingerprint density at radius 3 is 1.84 bits per heavy atom. The fourth-order valence-electron chi connectivity index (χ4n) is 7.89. The molecule has 2 aliphatic carbocycles. The average molecular weight is 670 g/mol. The first-order chi connectivity index (χ1) is 24.7. The molecule has 3 fully saturated rings. The lowest BCUT2D eigenvalue weighted by Gasteiger charge is -2.29. The van der Waals surface area contributed by atoms with Crippen LogP contribution in [0.2, 0.25) is 0 Å². The fourth-order valence-corrected chi connectivity index (χ4v) is 7.89. The van der Waals surface area contributed by atoms with E-state index in [4.69, 9.17) is 10.7 Å². The van der Waals surface area contributed by atoms with Crippen LogP contribution in [0.3, 0.4) is 0 Å². The van der Waals surface area contributed by atoms with E-state index < -0.39 is 0 Å². The molecule has 0 aromatic carbocycles. The number of nitrogens with two attached hydrogens (primary N) is 1. The Morgan fingerprint density at radius 2 is 1.24 bits per heavy atom. The first-order valence-electron chi connectivity index (χ1n) is 17.6. The molecule has 0 spiro atoms. The van der Waals surface area contributed by atoms with Gasteiger partial charge >= 0.3 is 0 Å². The first kappa shape index (κ1) is 30.5. The Balaban J connectivity index is 0.000000151. The average Bonchev–Trinajstić information content (AvgIpc) is 3.98. The highest BCUT2D eigenvalue weighted by Gasteiger charge is 2.25. The van der Waals surface area contributed by atoms with Crippen molar-refractivity contribution in [3.05, 3.63) is 55.2 Å². The van der Waals surface area contributed by atoms with Gasteiger partial charge in [0.1, 0.15) is 17.1 Å². The molecule has 10 rings (SSSR count). The molecule has 1 aliphatic heterocycles. The van der Waals surface area contributed by atoms with Gasteiger partial charge in [-0.05, 0) is 49.9 Å². The molecule has 15 nitrogen and oxygen atoms in total. The molecule has 0 unspecified atom stereocenters. The zero-order valence-electron chi connectivity index (χ0n) is 27.8. The van der Waals surface area contributed by atoms with E-state index in [-0.39, 0.29) is 0 Å². The Kier molecular flexibility index (Phi) is 7.95. The Morgan fingerprint density at radius 1 is 0.640 bits per heavy atom. The zero-order chi connectivity index (χ0) is 33.4. The first-order valence-corrected chi connectivity index (χ1v) is 17.6. The lowest BCUT2D eigenvalue weighted by Crippen LogP contribution is -2.43. The molecule has 0 bridgehead atoms. The van der Waals surface area contributed by atoms with Crippen molar-refractivity contribution in [1.29, 1.82) is 0 Å². The van der Waals surface area contributed by atoms with E-state index >= 15 is 0 Å². The summed E-state index contributed by atoms with van der Waals surface area (Å²) < 4.78 is 4.46. The van der Waals surface area contributed by atoms with E-state index in [0.29, 0.717) is 24.0 Å². The van der Waals surface area contributed by atoms with E-state index in [0.717, 1.165) is 94.7 Å². The smallest absolute Gasteiger partial charge is 0.230 e. The predicted molar refractivity (Wildman–Crippen MR) is 193 cm³/mol. The minimum atomic E-state index is 0.308. The molecule has 0 radical (unpaired) electrons. The van der Waals surface area contributed by atoms with Crippen molar-refractivity contribution in [3.8, 4) is 0 Å². The van der Waals surface area contributed by atoms with Crippen LogP contribution in [0, 0.1) is 0 Å². The van der Waals surface area contributed by atoms with Crippen molar-refractivity contribution in [2.24, 2.45) is 0 Å². The SMILES string of the molecule is Nc1ncc2c3ccnnc3n(C3CCCC3)c2n1.c1cc2c3cnc(Nc4ccc(N5CCNCC5)cn4)nc3n(C3CCCC3)c2nn1. The fraction of sp³-hybridized carbons (Fsp3) is 0.400. The van der Waals surface area contributed by atoms with Gasteiger partial charge in [-0.3, -0.25) is 0 Å². The maximum absolute atomic E-state index is 5.74. The normalized spacial score (nSPS) is 17.2. The van der Waals surface area contributed by atoms with E-state index in [2.05, 4.69) is 71.1 Å². The molecule has 1 saturated heterocycles. The summed E-state index contributed by atoms with van der Waals surface area (Å²) in [5, 5.41) is 27.7. The van der Waals surface area contributed by atoms with Gasteiger partial charge in [-0.15, -0.1) is 10.2 Å². The highest BCUT2D eigenvalue weighted by molar-refractivity contribution is 6.05. The lowest BCUT2D eigenvalue weighted by molar-refractivity contribution is 0.542. The number of rotatable bonds is 5. The molecule has 7 aromatic heterocycles. The number of nitrogens with one attached hydrogen (secondary N) is 2. The predicted octanol–water partition coefficient (Wildman–Crippen LogP) is 5.11. The van der Waals surface area contributed by atoms with Gasteiger partial charge in [0.25, 0.3) is 0 Å². The van der Waals surface area contributed by atoms with E-state index in [1.807, 2.05) is 30.6 Å². The molecular weight excluding hydrogens is 630 g/mol. The maximum Gasteiger partial charge on any atom is 0.230 e. The molecule has 0 atom stereocenters. The third-order valence-corrected chi connectivity index (χ3v) is 10.3. The Hall–Kier alpha value is -5.57. The van der Waals surface area contributed by atoms with Crippen LogP contribution in [0.15, 0.2) is 55.2 Å². The van der Waals surface area contributed by atoms with Gasteiger partial charge < -0.3 is 30.4 Å². The Bertz CT molecular complexity index is 2280. The quantitative estimate of drug-likeness (QED) is 0.220. The second kappa shape index (κ2) is 13.0. The van der Waals surface area contributed by atoms with Gasteiger partial charge in [0.2, 0.25) is 11.9 Å². The molecular formula is C35H39N15. The lowest BCUT2D eigenvalue weighted by atomic mass is 10.2. The summed E-state index contributed by atoms with van der Waals surface area (Å²) in [5.41, 5.74) is 10.5. The maximum atomic E-state index is 5.74. The number of aromatic nitrogens is 11. The summed E-state index contributed by atoms with van der Waals surface area (Å²) in [6.07, 6.45) is 18.7. The van der Waals surface area contributed by atoms with Crippen molar-refractivity contribution < 1.29 is 0 Å². The molecule has 0 amide bonds. The molecule has 7 aromatic rings. The highest BCUT2D eigenvalue weighted by Crippen LogP contribution is 2.38. The number of anilines is 4. The van der Waals surface area contributed by atoms with Crippen LogP contribution in [0.4, 0.5) is 23.4 Å². The van der Waals surface area contributed by atoms with Crippen molar-refractivity contribution in [2.75, 3.05) is 42.1 Å². The van der Waals surface area contributed by atoms with E-state index in [1.54, 1.807) is 18.6 Å². The summed E-state index contributed by atoms with van der Waals surface area (Å²) in [6, 6.07) is 8.92. The van der Waals surface area contributed by atoms with Crippen molar-refractivity contribution in [2.45, 2.75) is 63.5 Å². The van der Waals surface area contributed by atoms with Gasteiger partial charge in [0.05, 0.1) is 24.3 Å². The molecule has 2 saturated carbocycles. The van der Waals surface area contributed by atoms with Crippen LogP contribution >= 0.6 is 0 Å².